The first-order chi connectivity index (χ1) is 12.4. The largest absolute Gasteiger partial charge is 0.453 e. The lowest BCUT2D eigenvalue weighted by atomic mass is 10.3. The molecule has 0 aliphatic rings. The van der Waals surface area contributed by atoms with Crippen LogP contribution in [0.15, 0.2) is 30.3 Å². The summed E-state index contributed by atoms with van der Waals surface area (Å²) < 4.78 is 52.4. The first-order valence-corrected chi connectivity index (χ1v) is 7.58. The van der Waals surface area contributed by atoms with Crippen LogP contribution in [0.5, 0.6) is 0 Å². The zero-order chi connectivity index (χ0) is 18.3. The second-order valence-electron chi connectivity index (χ2n) is 5.53. The Balaban J connectivity index is 1.48. The van der Waals surface area contributed by atoms with Crippen molar-refractivity contribution in [1.29, 1.82) is 0 Å². The first kappa shape index (κ1) is 16.2. The monoisotopic (exact) mass is 365 g/mol. The predicted octanol–water partition coefficient (Wildman–Crippen LogP) is 2.81. The van der Waals surface area contributed by atoms with Crippen LogP contribution in [-0.2, 0) is 12.6 Å². The normalized spacial score (nSPS) is 12.2. The van der Waals surface area contributed by atoms with Gasteiger partial charge in [0.25, 0.3) is 5.82 Å². The van der Waals surface area contributed by atoms with Crippen LogP contribution in [0.3, 0.4) is 0 Å². The van der Waals surface area contributed by atoms with E-state index in [1.165, 1.54) is 24.3 Å². The summed E-state index contributed by atoms with van der Waals surface area (Å²) in [6.45, 7) is 0.365. The average molecular weight is 365 g/mol. The van der Waals surface area contributed by atoms with E-state index in [0.29, 0.717) is 34.3 Å². The molecule has 0 amide bonds. The van der Waals surface area contributed by atoms with Crippen molar-refractivity contribution in [2.24, 2.45) is 0 Å². The summed E-state index contributed by atoms with van der Waals surface area (Å²) in [5, 5.41) is 13.3. The molecule has 0 aliphatic heterocycles. The van der Waals surface area contributed by atoms with Gasteiger partial charge in [-0.25, -0.2) is 9.37 Å². The molecule has 0 unspecified atom stereocenters. The lowest BCUT2D eigenvalue weighted by Crippen LogP contribution is -2.14. The molecular formula is C15H11F4N7. The molecule has 0 saturated heterocycles. The highest BCUT2D eigenvalue weighted by Crippen LogP contribution is 2.27. The molecule has 0 aliphatic carbocycles. The van der Waals surface area contributed by atoms with Crippen LogP contribution < -0.4 is 5.32 Å². The number of anilines is 1. The molecule has 0 atom stereocenters. The van der Waals surface area contributed by atoms with Gasteiger partial charge < -0.3 is 10.3 Å². The van der Waals surface area contributed by atoms with Gasteiger partial charge in [-0.2, -0.15) is 17.7 Å². The van der Waals surface area contributed by atoms with Gasteiger partial charge in [-0.1, -0.05) is 0 Å². The molecule has 0 radical (unpaired) electrons. The lowest BCUT2D eigenvalue weighted by molar-refractivity contribution is -0.146. The molecular weight excluding hydrogens is 354 g/mol. The van der Waals surface area contributed by atoms with Crippen LogP contribution in [0, 0.1) is 5.82 Å². The maximum Gasteiger partial charge on any atom is 0.453 e. The van der Waals surface area contributed by atoms with Crippen molar-refractivity contribution < 1.29 is 17.6 Å². The van der Waals surface area contributed by atoms with Crippen molar-refractivity contribution in [3.63, 3.8) is 0 Å². The van der Waals surface area contributed by atoms with Crippen LogP contribution in [0.25, 0.3) is 16.7 Å². The number of hydrogen-bond acceptors (Lipinski definition) is 5. The highest BCUT2D eigenvalue weighted by atomic mass is 19.4. The third-order valence-electron chi connectivity index (χ3n) is 3.68. The van der Waals surface area contributed by atoms with E-state index in [0.717, 1.165) is 0 Å². The Morgan fingerprint density at radius 1 is 1.12 bits per heavy atom. The first-order valence-electron chi connectivity index (χ1n) is 7.58. The van der Waals surface area contributed by atoms with E-state index in [2.05, 4.69) is 30.6 Å². The molecule has 0 spiro atoms. The summed E-state index contributed by atoms with van der Waals surface area (Å²) in [5.74, 6) is -0.683. The van der Waals surface area contributed by atoms with Crippen LogP contribution in [0.1, 0.15) is 11.6 Å². The maximum absolute atomic E-state index is 13.2. The van der Waals surface area contributed by atoms with Gasteiger partial charge in [-0.15, -0.1) is 15.3 Å². The molecule has 4 aromatic rings. The van der Waals surface area contributed by atoms with Gasteiger partial charge in [0.05, 0.1) is 11.0 Å². The van der Waals surface area contributed by atoms with Gasteiger partial charge in [0.1, 0.15) is 17.5 Å². The van der Waals surface area contributed by atoms with E-state index >= 15 is 0 Å². The van der Waals surface area contributed by atoms with Gasteiger partial charge in [-0.3, -0.25) is 0 Å². The molecule has 0 fully saturated rings. The molecule has 0 bridgehead atoms. The highest BCUT2D eigenvalue weighted by molar-refractivity contribution is 5.74. The summed E-state index contributed by atoms with van der Waals surface area (Å²) in [6.07, 6.45) is -4.20. The minimum Gasteiger partial charge on any atom is -0.368 e. The van der Waals surface area contributed by atoms with Crippen molar-refractivity contribution in [2.75, 3.05) is 11.9 Å². The Labute approximate surface area is 143 Å². The third-order valence-corrected chi connectivity index (χ3v) is 3.68. The fourth-order valence-corrected chi connectivity index (χ4v) is 2.52. The van der Waals surface area contributed by atoms with Crippen molar-refractivity contribution in [2.45, 2.75) is 12.6 Å². The van der Waals surface area contributed by atoms with E-state index in [1.54, 1.807) is 6.07 Å². The Kier molecular flexibility index (Phi) is 3.71. The highest BCUT2D eigenvalue weighted by Gasteiger charge is 2.37. The standard InChI is InChI=1S/C15H11F4N7/c16-8-1-2-9-10(7-8)22-12(21-9)5-6-20-11-3-4-13-23-24-14(15(17,18)19)26(13)25-11/h1-4,7H,5-6H2,(H,20,25)(H,21,22). The fraction of sp³-hybridized carbons (Fsp3) is 0.200. The number of halogens is 4. The van der Waals surface area contributed by atoms with Crippen LogP contribution in [-0.4, -0.2) is 36.3 Å². The summed E-state index contributed by atoms with van der Waals surface area (Å²) in [4.78, 5) is 7.31. The Morgan fingerprint density at radius 3 is 2.77 bits per heavy atom. The molecule has 0 saturated carbocycles. The number of hydrogen-bond donors (Lipinski definition) is 2. The van der Waals surface area contributed by atoms with Crippen molar-refractivity contribution in [3.05, 3.63) is 47.8 Å². The van der Waals surface area contributed by atoms with Crippen molar-refractivity contribution in [3.8, 4) is 0 Å². The number of alkyl halides is 3. The summed E-state index contributed by atoms with van der Waals surface area (Å²) in [6, 6.07) is 7.14. The molecule has 3 aromatic heterocycles. The van der Waals surface area contributed by atoms with Crippen LogP contribution >= 0.6 is 0 Å². The third kappa shape index (κ3) is 3.03. The summed E-state index contributed by atoms with van der Waals surface area (Å²) in [7, 11) is 0. The van der Waals surface area contributed by atoms with Crippen LogP contribution in [0.2, 0.25) is 0 Å². The number of imidazole rings is 1. The number of aromatic amines is 1. The molecule has 134 valence electrons. The van der Waals surface area contributed by atoms with E-state index in [4.69, 9.17) is 0 Å². The summed E-state index contributed by atoms with van der Waals surface area (Å²) >= 11 is 0. The second-order valence-corrected chi connectivity index (χ2v) is 5.53. The number of aromatic nitrogens is 6. The smallest absolute Gasteiger partial charge is 0.368 e. The van der Waals surface area contributed by atoms with E-state index in [1.807, 2.05) is 0 Å². The lowest BCUT2D eigenvalue weighted by Gasteiger charge is -2.06. The predicted molar refractivity (Wildman–Crippen MR) is 84.0 cm³/mol. The average Bonchev–Trinajstić information content (AvgIpc) is 3.17. The zero-order valence-electron chi connectivity index (χ0n) is 13.0. The van der Waals surface area contributed by atoms with E-state index < -0.39 is 12.0 Å². The van der Waals surface area contributed by atoms with Gasteiger partial charge >= 0.3 is 6.18 Å². The molecule has 11 heteroatoms. The number of rotatable bonds is 4. The molecule has 26 heavy (non-hydrogen) atoms. The van der Waals surface area contributed by atoms with E-state index in [-0.39, 0.29) is 17.3 Å². The molecule has 2 N–H and O–H groups in total. The Bertz CT molecular complexity index is 1080. The van der Waals surface area contributed by atoms with Gasteiger partial charge in [0.15, 0.2) is 5.65 Å². The topological polar surface area (TPSA) is 83.8 Å². The number of nitrogens with one attached hydrogen (secondary N) is 2. The van der Waals surface area contributed by atoms with Gasteiger partial charge in [0, 0.05) is 13.0 Å². The Hall–Kier alpha value is -3.24. The Morgan fingerprint density at radius 2 is 1.96 bits per heavy atom. The number of fused-ring (bicyclic) bond motifs is 2. The summed E-state index contributed by atoms with van der Waals surface area (Å²) in [5.41, 5.74) is 1.22. The zero-order valence-corrected chi connectivity index (χ0v) is 13.0. The van der Waals surface area contributed by atoms with Crippen molar-refractivity contribution >= 4 is 22.5 Å². The molecule has 3 heterocycles. The van der Waals surface area contributed by atoms with E-state index in [9.17, 15) is 17.6 Å². The second kappa shape index (κ2) is 5.93. The van der Waals surface area contributed by atoms with Gasteiger partial charge in [-0.05, 0) is 30.3 Å². The van der Waals surface area contributed by atoms with Crippen molar-refractivity contribution in [1.82, 2.24) is 29.8 Å². The fourth-order valence-electron chi connectivity index (χ4n) is 2.52. The SMILES string of the molecule is Fc1ccc2nc(CCNc3ccc4nnc(C(F)(F)F)n4n3)[nH]c2c1. The molecule has 7 nitrogen and oxygen atoms in total. The minimum absolute atomic E-state index is 0.00202. The molecule has 4 rings (SSSR count). The quantitative estimate of drug-likeness (QED) is 0.544. The molecule has 1 aromatic carbocycles. The minimum atomic E-state index is -4.64. The van der Waals surface area contributed by atoms with Gasteiger partial charge in [0.2, 0.25) is 0 Å². The van der Waals surface area contributed by atoms with Crippen LogP contribution in [0.4, 0.5) is 23.4 Å². The number of benzene rings is 1. The maximum atomic E-state index is 13.2. The number of nitrogens with zero attached hydrogens (tertiary/aromatic N) is 5. The number of H-pyrrole nitrogens is 1.